The van der Waals surface area contributed by atoms with Gasteiger partial charge in [0.2, 0.25) is 0 Å². The number of hydrogen-bond acceptors (Lipinski definition) is 5. The third-order valence-electron chi connectivity index (χ3n) is 5.03. The van der Waals surface area contributed by atoms with Gasteiger partial charge in [-0.2, -0.15) is 0 Å². The van der Waals surface area contributed by atoms with Gasteiger partial charge in [0.25, 0.3) is 5.69 Å². The number of nitro benzene ring substituents is 1. The summed E-state index contributed by atoms with van der Waals surface area (Å²) < 4.78 is 5.82. The highest BCUT2D eigenvalue weighted by Gasteiger charge is 2.26. The van der Waals surface area contributed by atoms with Gasteiger partial charge in [0.05, 0.1) is 17.2 Å². The minimum absolute atomic E-state index is 0.0854. The zero-order valence-electron chi connectivity index (χ0n) is 14.5. The van der Waals surface area contributed by atoms with E-state index in [2.05, 4.69) is 22.2 Å². The van der Waals surface area contributed by atoms with E-state index in [-0.39, 0.29) is 17.2 Å². The van der Waals surface area contributed by atoms with E-state index in [1.807, 2.05) is 24.3 Å². The predicted octanol–water partition coefficient (Wildman–Crippen LogP) is 4.28. The molecule has 2 aliphatic rings. The van der Waals surface area contributed by atoms with Gasteiger partial charge in [0.1, 0.15) is 12.4 Å². The Balaban J connectivity index is 1.42. The summed E-state index contributed by atoms with van der Waals surface area (Å²) in [5, 5.41) is 11.1. The molecule has 0 aromatic heterocycles. The summed E-state index contributed by atoms with van der Waals surface area (Å²) in [5.41, 5.74) is 1.71. The van der Waals surface area contributed by atoms with Crippen molar-refractivity contribution in [1.29, 1.82) is 0 Å². The van der Waals surface area contributed by atoms with E-state index in [0.717, 1.165) is 12.4 Å². The number of rotatable bonds is 6. The smallest absolute Gasteiger partial charge is 0.276 e. The van der Waals surface area contributed by atoms with Crippen LogP contribution in [0.4, 0.5) is 11.4 Å². The Bertz CT molecular complexity index is 833. The minimum atomic E-state index is -0.376. The van der Waals surface area contributed by atoms with Crippen molar-refractivity contribution in [3.8, 4) is 5.75 Å². The highest BCUT2D eigenvalue weighted by molar-refractivity contribution is 5.54. The fourth-order valence-corrected chi connectivity index (χ4v) is 3.28. The fourth-order valence-electron chi connectivity index (χ4n) is 3.28. The first-order chi connectivity index (χ1) is 12.7. The van der Waals surface area contributed by atoms with Crippen molar-refractivity contribution in [2.45, 2.75) is 31.9 Å². The van der Waals surface area contributed by atoms with Gasteiger partial charge in [0, 0.05) is 36.3 Å². The third-order valence-corrected chi connectivity index (χ3v) is 5.03. The fraction of sp³-hybridized carbons (Fsp3) is 0.300. The molecular weight excluding hydrogens is 330 g/mol. The second-order valence-electron chi connectivity index (χ2n) is 6.68. The molecule has 134 valence electrons. The molecule has 0 N–H and O–H groups in total. The number of hydrogen-bond donors (Lipinski definition) is 0. The number of nitrogens with zero attached hydrogens (tertiary/aromatic N) is 3. The van der Waals surface area contributed by atoms with Gasteiger partial charge in [-0.25, -0.2) is 0 Å². The molecule has 2 aromatic carbocycles. The molecule has 6 heteroatoms. The van der Waals surface area contributed by atoms with Crippen LogP contribution in [0.25, 0.3) is 0 Å². The SMILES string of the molecule is O=[N+]([O-])c1ccccc1COc1cccc(N2C=CN(C3CCC3)C2)c1. The van der Waals surface area contributed by atoms with Crippen LogP contribution in [0.5, 0.6) is 5.75 Å². The van der Waals surface area contributed by atoms with Gasteiger partial charge in [-0.15, -0.1) is 0 Å². The molecule has 0 atom stereocenters. The summed E-state index contributed by atoms with van der Waals surface area (Å²) in [6.45, 7) is 1.03. The van der Waals surface area contributed by atoms with Crippen LogP contribution < -0.4 is 9.64 Å². The monoisotopic (exact) mass is 351 g/mol. The van der Waals surface area contributed by atoms with Crippen molar-refractivity contribution in [2.75, 3.05) is 11.6 Å². The molecule has 2 aromatic rings. The summed E-state index contributed by atoms with van der Waals surface area (Å²) in [6.07, 6.45) is 8.13. The Morgan fingerprint density at radius 1 is 1.12 bits per heavy atom. The standard InChI is InChI=1S/C20H21N3O3/c24-23(25)20-10-2-1-5-16(20)14-26-19-9-4-8-18(13-19)22-12-11-21(15-22)17-6-3-7-17/h1-2,4-5,8-13,17H,3,6-7,14-15H2. The van der Waals surface area contributed by atoms with Crippen LogP contribution in [0.3, 0.4) is 0 Å². The molecule has 26 heavy (non-hydrogen) atoms. The average Bonchev–Trinajstić information content (AvgIpc) is 3.08. The number of anilines is 1. The quantitative estimate of drug-likeness (QED) is 0.574. The normalized spacial score (nSPS) is 16.6. The average molecular weight is 351 g/mol. The summed E-state index contributed by atoms with van der Waals surface area (Å²) in [7, 11) is 0. The van der Waals surface area contributed by atoms with Crippen molar-refractivity contribution in [3.05, 3.63) is 76.6 Å². The molecule has 0 spiro atoms. The molecule has 1 saturated carbocycles. The molecule has 0 radical (unpaired) electrons. The molecule has 0 bridgehead atoms. The van der Waals surface area contributed by atoms with Crippen molar-refractivity contribution in [1.82, 2.24) is 4.90 Å². The van der Waals surface area contributed by atoms with Gasteiger partial charge in [0.15, 0.2) is 0 Å². The topological polar surface area (TPSA) is 58.9 Å². The lowest BCUT2D eigenvalue weighted by Crippen LogP contribution is -2.38. The molecular formula is C20H21N3O3. The van der Waals surface area contributed by atoms with Gasteiger partial charge in [-0.05, 0) is 37.5 Å². The highest BCUT2D eigenvalue weighted by Crippen LogP contribution is 2.30. The molecule has 0 saturated heterocycles. The van der Waals surface area contributed by atoms with E-state index in [1.165, 1.54) is 25.3 Å². The maximum atomic E-state index is 11.1. The molecule has 1 fully saturated rings. The van der Waals surface area contributed by atoms with Gasteiger partial charge in [-0.1, -0.05) is 18.2 Å². The number of ether oxygens (including phenoxy) is 1. The van der Waals surface area contributed by atoms with Gasteiger partial charge < -0.3 is 14.5 Å². The number of nitro groups is 1. The van der Waals surface area contributed by atoms with E-state index >= 15 is 0 Å². The summed E-state index contributed by atoms with van der Waals surface area (Å²) >= 11 is 0. The van der Waals surface area contributed by atoms with E-state index in [1.54, 1.807) is 18.2 Å². The molecule has 1 aliphatic heterocycles. The lowest BCUT2D eigenvalue weighted by Gasteiger charge is -2.35. The molecule has 0 unspecified atom stereocenters. The summed E-state index contributed by atoms with van der Waals surface area (Å²) in [6, 6.07) is 15.2. The molecule has 1 heterocycles. The van der Waals surface area contributed by atoms with E-state index in [4.69, 9.17) is 4.74 Å². The van der Waals surface area contributed by atoms with E-state index < -0.39 is 0 Å². The molecule has 1 aliphatic carbocycles. The predicted molar refractivity (Wildman–Crippen MR) is 99.8 cm³/mol. The Labute approximate surface area is 152 Å². The van der Waals surface area contributed by atoms with Gasteiger partial charge >= 0.3 is 0 Å². The van der Waals surface area contributed by atoms with Crippen LogP contribution in [-0.2, 0) is 6.61 Å². The van der Waals surface area contributed by atoms with Crippen molar-refractivity contribution >= 4 is 11.4 Å². The highest BCUT2D eigenvalue weighted by atomic mass is 16.6. The first-order valence-corrected chi connectivity index (χ1v) is 8.86. The first kappa shape index (κ1) is 16.4. The van der Waals surface area contributed by atoms with Crippen LogP contribution in [0.1, 0.15) is 24.8 Å². The second-order valence-corrected chi connectivity index (χ2v) is 6.68. The zero-order chi connectivity index (χ0) is 17.9. The van der Waals surface area contributed by atoms with Crippen molar-refractivity contribution in [2.24, 2.45) is 0 Å². The Kier molecular flexibility index (Phi) is 4.48. The van der Waals surface area contributed by atoms with Gasteiger partial charge in [-0.3, -0.25) is 10.1 Å². The van der Waals surface area contributed by atoms with Crippen LogP contribution in [0, 0.1) is 10.1 Å². The van der Waals surface area contributed by atoms with Crippen LogP contribution in [0.15, 0.2) is 60.9 Å². The maximum Gasteiger partial charge on any atom is 0.276 e. The molecule has 0 amide bonds. The van der Waals surface area contributed by atoms with E-state index in [9.17, 15) is 10.1 Å². The molecule has 6 nitrogen and oxygen atoms in total. The lowest BCUT2D eigenvalue weighted by atomic mass is 9.92. The third kappa shape index (κ3) is 3.35. The Morgan fingerprint density at radius 2 is 1.96 bits per heavy atom. The van der Waals surface area contributed by atoms with Crippen molar-refractivity contribution in [3.63, 3.8) is 0 Å². The lowest BCUT2D eigenvalue weighted by molar-refractivity contribution is -0.385. The van der Waals surface area contributed by atoms with Crippen LogP contribution >= 0.6 is 0 Å². The Morgan fingerprint density at radius 3 is 2.73 bits per heavy atom. The molecule has 4 rings (SSSR count). The zero-order valence-corrected chi connectivity index (χ0v) is 14.5. The number of benzene rings is 2. The first-order valence-electron chi connectivity index (χ1n) is 8.86. The minimum Gasteiger partial charge on any atom is -0.489 e. The summed E-state index contributed by atoms with van der Waals surface area (Å²) in [5.74, 6) is 0.705. The van der Waals surface area contributed by atoms with E-state index in [0.29, 0.717) is 17.4 Å². The van der Waals surface area contributed by atoms with Crippen LogP contribution in [0.2, 0.25) is 0 Å². The second kappa shape index (κ2) is 7.07. The van der Waals surface area contributed by atoms with Crippen LogP contribution in [-0.4, -0.2) is 22.5 Å². The van der Waals surface area contributed by atoms with Crippen molar-refractivity contribution < 1.29 is 9.66 Å². The Hall–Kier alpha value is -3.02. The largest absolute Gasteiger partial charge is 0.489 e. The number of para-hydroxylation sites is 1. The summed E-state index contributed by atoms with van der Waals surface area (Å²) in [4.78, 5) is 15.3. The maximum absolute atomic E-state index is 11.1.